The predicted molar refractivity (Wildman–Crippen MR) is 119 cm³/mol. The number of rotatable bonds is 5. The van der Waals surface area contributed by atoms with Gasteiger partial charge in [0.2, 0.25) is 0 Å². The van der Waals surface area contributed by atoms with E-state index in [-0.39, 0.29) is 33.8 Å². The molecule has 1 aromatic carbocycles. The quantitative estimate of drug-likeness (QED) is 0.490. The molecule has 1 saturated heterocycles. The van der Waals surface area contributed by atoms with Crippen molar-refractivity contribution in [2.24, 2.45) is 5.92 Å². The summed E-state index contributed by atoms with van der Waals surface area (Å²) in [5, 5.41) is 5.11. The third-order valence-corrected chi connectivity index (χ3v) is 8.98. The first-order valence-corrected chi connectivity index (χ1v) is 12.7. The van der Waals surface area contributed by atoms with E-state index in [4.69, 9.17) is 11.6 Å². The van der Waals surface area contributed by atoms with Gasteiger partial charge in [0.25, 0.3) is 17.6 Å². The van der Waals surface area contributed by atoms with Gasteiger partial charge >= 0.3 is 0 Å². The van der Waals surface area contributed by atoms with Gasteiger partial charge in [0.15, 0.2) is 9.84 Å². The lowest BCUT2D eigenvalue weighted by Crippen LogP contribution is -2.64. The minimum Gasteiger partial charge on any atom is -0.342 e. The van der Waals surface area contributed by atoms with E-state index in [0.717, 1.165) is 12.5 Å². The molecule has 174 valence electrons. The lowest BCUT2D eigenvalue weighted by molar-refractivity contribution is -0.118. The Labute approximate surface area is 194 Å². The van der Waals surface area contributed by atoms with Crippen molar-refractivity contribution in [2.75, 3.05) is 16.8 Å². The van der Waals surface area contributed by atoms with E-state index in [1.54, 1.807) is 13.8 Å². The molecular formula is C22H21ClFN3O5S. The molecule has 2 N–H and O–H groups in total. The number of Topliss-reactive ketones (excluding diaryl/α,β-unsaturated/α-hetero) is 1. The number of nitrogens with one attached hydrogen (secondary N) is 2. The summed E-state index contributed by atoms with van der Waals surface area (Å²) in [4.78, 5) is 39.0. The van der Waals surface area contributed by atoms with Crippen LogP contribution in [0, 0.1) is 18.7 Å². The predicted octanol–water partition coefficient (Wildman–Crippen LogP) is 2.44. The minimum absolute atomic E-state index is 0.0927. The standard InChI is InChI=1S/C22H21ClFN3O5S/c1-10-17(19(28)21(30)26-22(2)8-33(31,32)9-22)16-6-11-5-15(11)27(16)18(10)20(29)25-12-3-4-14(24)13(23)7-12/h3-4,7,11,15H,5-6,8-9H2,1-2H3,(H,25,29)(H,26,30)/t11-,15-/m1/s1. The zero-order valence-corrected chi connectivity index (χ0v) is 19.4. The fraction of sp³-hybridized carbons (Fsp3) is 0.409. The van der Waals surface area contributed by atoms with Crippen molar-refractivity contribution < 1.29 is 27.2 Å². The van der Waals surface area contributed by atoms with Gasteiger partial charge < -0.3 is 15.2 Å². The maximum atomic E-state index is 13.5. The van der Waals surface area contributed by atoms with E-state index >= 15 is 0 Å². The molecule has 5 rings (SSSR count). The molecule has 1 saturated carbocycles. The second-order valence-corrected chi connectivity index (χ2v) is 11.9. The Morgan fingerprint density at radius 3 is 2.58 bits per heavy atom. The van der Waals surface area contributed by atoms with Gasteiger partial charge in [-0.15, -0.1) is 0 Å². The maximum absolute atomic E-state index is 13.5. The molecule has 11 heteroatoms. The highest BCUT2D eigenvalue weighted by Gasteiger charge is 2.51. The van der Waals surface area contributed by atoms with Crippen molar-refractivity contribution in [1.29, 1.82) is 0 Å². The molecule has 2 atom stereocenters. The number of hydrogen-bond donors (Lipinski definition) is 2. The van der Waals surface area contributed by atoms with Crippen molar-refractivity contribution in [3.8, 4) is 0 Å². The van der Waals surface area contributed by atoms with Crippen LogP contribution in [0.5, 0.6) is 0 Å². The fourth-order valence-electron chi connectivity index (χ4n) is 5.14. The molecule has 2 fully saturated rings. The van der Waals surface area contributed by atoms with E-state index in [2.05, 4.69) is 10.6 Å². The van der Waals surface area contributed by atoms with Gasteiger partial charge in [0.05, 0.1) is 27.6 Å². The van der Waals surface area contributed by atoms with Crippen LogP contribution in [0.25, 0.3) is 0 Å². The molecule has 2 aliphatic heterocycles. The second-order valence-electron chi connectivity index (χ2n) is 9.39. The number of carbonyl (C=O) groups excluding carboxylic acids is 3. The number of benzene rings is 1. The Hall–Kier alpha value is -2.72. The summed E-state index contributed by atoms with van der Waals surface area (Å²) in [6.45, 7) is 3.20. The third kappa shape index (κ3) is 3.65. The van der Waals surface area contributed by atoms with Gasteiger partial charge in [0, 0.05) is 17.4 Å². The smallest absolute Gasteiger partial charge is 0.292 e. The van der Waals surface area contributed by atoms with Gasteiger partial charge in [0.1, 0.15) is 11.5 Å². The van der Waals surface area contributed by atoms with Crippen molar-refractivity contribution in [3.05, 3.63) is 51.6 Å². The Balaban J connectivity index is 1.45. The molecule has 0 bridgehead atoms. The molecule has 8 nitrogen and oxygen atoms in total. The third-order valence-electron chi connectivity index (χ3n) is 6.54. The molecule has 2 amide bonds. The molecule has 3 heterocycles. The lowest BCUT2D eigenvalue weighted by Gasteiger charge is -2.38. The number of fused-ring (bicyclic) bond motifs is 3. The number of ketones is 1. The molecule has 1 aliphatic carbocycles. The molecule has 3 aliphatic rings. The van der Waals surface area contributed by atoms with E-state index in [0.29, 0.717) is 29.3 Å². The largest absolute Gasteiger partial charge is 0.342 e. The van der Waals surface area contributed by atoms with E-state index < -0.39 is 38.8 Å². The summed E-state index contributed by atoms with van der Waals surface area (Å²) >= 11 is 5.81. The van der Waals surface area contributed by atoms with Crippen LogP contribution in [0.1, 0.15) is 51.5 Å². The number of amides is 2. The Morgan fingerprint density at radius 2 is 1.94 bits per heavy atom. The summed E-state index contributed by atoms with van der Waals surface area (Å²) in [5.74, 6) is -2.89. The van der Waals surface area contributed by atoms with Crippen LogP contribution in [0.2, 0.25) is 5.02 Å². The lowest BCUT2D eigenvalue weighted by atomic mass is 10.0. The average Bonchev–Trinajstić information content (AvgIpc) is 3.26. The zero-order chi connectivity index (χ0) is 23.9. The molecule has 0 unspecified atom stereocenters. The van der Waals surface area contributed by atoms with Gasteiger partial charge in [-0.2, -0.15) is 0 Å². The number of halogens is 2. The van der Waals surface area contributed by atoms with Crippen molar-refractivity contribution in [2.45, 2.75) is 38.3 Å². The van der Waals surface area contributed by atoms with Crippen molar-refractivity contribution >= 4 is 44.7 Å². The first-order valence-electron chi connectivity index (χ1n) is 10.5. The van der Waals surface area contributed by atoms with Crippen molar-refractivity contribution in [3.63, 3.8) is 0 Å². The van der Waals surface area contributed by atoms with Gasteiger partial charge in [-0.3, -0.25) is 14.4 Å². The van der Waals surface area contributed by atoms with Crippen LogP contribution in [0.15, 0.2) is 18.2 Å². The van der Waals surface area contributed by atoms with E-state index in [1.807, 2.05) is 4.57 Å². The molecule has 0 spiro atoms. The van der Waals surface area contributed by atoms with E-state index in [9.17, 15) is 27.2 Å². The van der Waals surface area contributed by atoms with Gasteiger partial charge in [-0.05, 0) is 56.4 Å². The molecule has 0 radical (unpaired) electrons. The van der Waals surface area contributed by atoms with Crippen LogP contribution < -0.4 is 10.6 Å². The molecular weight excluding hydrogens is 473 g/mol. The molecule has 33 heavy (non-hydrogen) atoms. The Bertz CT molecular complexity index is 1350. The minimum atomic E-state index is -3.20. The highest BCUT2D eigenvalue weighted by molar-refractivity contribution is 7.93. The molecule has 1 aromatic heterocycles. The molecule has 2 aromatic rings. The second kappa shape index (κ2) is 7.14. The monoisotopic (exact) mass is 493 g/mol. The normalized spacial score (nSPS) is 23.2. The topological polar surface area (TPSA) is 114 Å². The zero-order valence-electron chi connectivity index (χ0n) is 17.9. The first-order chi connectivity index (χ1) is 15.4. The summed E-state index contributed by atoms with van der Waals surface area (Å²) in [5.41, 5.74) is 0.815. The number of nitrogens with zero attached hydrogens (tertiary/aromatic N) is 1. The van der Waals surface area contributed by atoms with Crippen LogP contribution in [-0.2, 0) is 21.1 Å². The maximum Gasteiger partial charge on any atom is 0.292 e. The fourth-order valence-corrected chi connectivity index (χ4v) is 7.32. The summed E-state index contributed by atoms with van der Waals surface area (Å²) < 4.78 is 38.3. The first kappa shape index (κ1) is 22.1. The summed E-state index contributed by atoms with van der Waals surface area (Å²) in [7, 11) is -3.20. The highest BCUT2D eigenvalue weighted by Crippen LogP contribution is 2.54. The Kier molecular flexibility index (Phi) is 4.78. The summed E-state index contributed by atoms with van der Waals surface area (Å²) in [6, 6.07) is 3.92. The van der Waals surface area contributed by atoms with Crippen molar-refractivity contribution in [1.82, 2.24) is 9.88 Å². The van der Waals surface area contributed by atoms with E-state index in [1.165, 1.54) is 12.1 Å². The van der Waals surface area contributed by atoms with Crippen LogP contribution in [-0.4, -0.2) is 47.6 Å². The SMILES string of the molecule is Cc1c(C(=O)C(=O)NC2(C)CS(=O)(=O)C2)c2n(c1C(=O)Nc1ccc(F)c(Cl)c1)[C@@H]1C[C@@H]1C2. The average molecular weight is 494 g/mol. The number of hydrogen-bond acceptors (Lipinski definition) is 5. The number of aromatic nitrogens is 1. The number of carbonyl (C=O) groups is 3. The summed E-state index contributed by atoms with van der Waals surface area (Å²) in [6.07, 6.45) is 1.47. The van der Waals surface area contributed by atoms with Crippen LogP contribution in [0.4, 0.5) is 10.1 Å². The van der Waals surface area contributed by atoms with Crippen LogP contribution >= 0.6 is 11.6 Å². The van der Waals surface area contributed by atoms with Gasteiger partial charge in [-0.25, -0.2) is 12.8 Å². The highest BCUT2D eigenvalue weighted by atomic mass is 35.5. The number of anilines is 1. The van der Waals surface area contributed by atoms with Crippen LogP contribution in [0.3, 0.4) is 0 Å². The van der Waals surface area contributed by atoms with Gasteiger partial charge in [-0.1, -0.05) is 11.6 Å². The number of sulfone groups is 1. The Morgan fingerprint density at radius 1 is 1.24 bits per heavy atom.